The monoisotopic (exact) mass is 437 g/mol. The summed E-state index contributed by atoms with van der Waals surface area (Å²) in [5.41, 5.74) is 3.38. The predicted octanol–water partition coefficient (Wildman–Crippen LogP) is 2.38. The minimum Gasteiger partial charge on any atom is -0.452 e. The average molecular weight is 437 g/mol. The topological polar surface area (TPSA) is 105 Å². The van der Waals surface area contributed by atoms with Crippen molar-refractivity contribution < 1.29 is 23.9 Å². The van der Waals surface area contributed by atoms with Crippen LogP contribution >= 0.6 is 0 Å². The molecule has 4 amide bonds. The fraction of sp³-hybridized carbons (Fsp3) is 0.333. The zero-order chi connectivity index (χ0) is 23.1. The number of ether oxygens (including phenoxy) is 1. The van der Waals surface area contributed by atoms with Crippen LogP contribution in [0.25, 0.3) is 0 Å². The molecule has 0 bridgehead atoms. The molecule has 3 rings (SSSR count). The summed E-state index contributed by atoms with van der Waals surface area (Å²) in [7, 11) is 0. The maximum Gasteiger partial charge on any atom is 0.338 e. The van der Waals surface area contributed by atoms with Crippen molar-refractivity contribution in [3.05, 3.63) is 70.8 Å². The van der Waals surface area contributed by atoms with Gasteiger partial charge in [-0.15, -0.1) is 0 Å². The quantitative estimate of drug-likeness (QED) is 0.463. The number of hydrogen-bond donors (Lipinski definition) is 2. The summed E-state index contributed by atoms with van der Waals surface area (Å²) in [6.45, 7) is 4.49. The molecule has 0 atom stereocenters. The lowest BCUT2D eigenvalue weighted by molar-refractivity contribution is -0.125. The fourth-order valence-electron chi connectivity index (χ4n) is 3.23. The van der Waals surface area contributed by atoms with Crippen LogP contribution in [-0.2, 0) is 27.3 Å². The molecular formula is C24H27N3O5. The van der Waals surface area contributed by atoms with Crippen LogP contribution in [0.15, 0.2) is 48.5 Å². The Morgan fingerprint density at radius 2 is 1.69 bits per heavy atom. The van der Waals surface area contributed by atoms with E-state index in [0.717, 1.165) is 10.5 Å². The van der Waals surface area contributed by atoms with Gasteiger partial charge in [0.1, 0.15) is 0 Å². The minimum atomic E-state index is -0.619. The summed E-state index contributed by atoms with van der Waals surface area (Å²) in [5, 5.41) is 5.19. The lowest BCUT2D eigenvalue weighted by Gasteiger charge is -2.12. The maximum atomic E-state index is 12.2. The van der Waals surface area contributed by atoms with E-state index in [9.17, 15) is 19.2 Å². The summed E-state index contributed by atoms with van der Waals surface area (Å²) >= 11 is 0. The molecule has 2 N–H and O–H groups in total. The van der Waals surface area contributed by atoms with Crippen LogP contribution in [0.5, 0.6) is 0 Å². The molecule has 8 nitrogen and oxygen atoms in total. The molecule has 0 saturated carbocycles. The van der Waals surface area contributed by atoms with Gasteiger partial charge in [-0.25, -0.2) is 9.59 Å². The van der Waals surface area contributed by atoms with E-state index in [-0.39, 0.29) is 37.1 Å². The molecule has 1 aliphatic heterocycles. The van der Waals surface area contributed by atoms with Gasteiger partial charge >= 0.3 is 12.0 Å². The Morgan fingerprint density at radius 3 is 2.28 bits per heavy atom. The van der Waals surface area contributed by atoms with Crippen LogP contribution in [0.1, 0.15) is 46.8 Å². The number of nitrogens with zero attached hydrogens (tertiary/aromatic N) is 1. The summed E-state index contributed by atoms with van der Waals surface area (Å²) in [4.78, 5) is 48.5. The molecule has 0 aromatic heterocycles. The molecule has 0 radical (unpaired) electrons. The second-order valence-corrected chi connectivity index (χ2v) is 7.91. The first kappa shape index (κ1) is 23.0. The van der Waals surface area contributed by atoms with E-state index in [2.05, 4.69) is 48.7 Å². The second-order valence-electron chi connectivity index (χ2n) is 7.91. The Balaban J connectivity index is 1.39. The van der Waals surface area contributed by atoms with Crippen LogP contribution in [0.3, 0.4) is 0 Å². The number of benzene rings is 2. The van der Waals surface area contributed by atoms with Gasteiger partial charge in [0.05, 0.1) is 18.7 Å². The Hall–Kier alpha value is -3.68. The molecule has 0 spiro atoms. The summed E-state index contributed by atoms with van der Waals surface area (Å²) in [6, 6.07) is 14.2. The molecule has 2 aromatic carbocycles. The lowest BCUT2D eigenvalue weighted by atomic mass is 10.0. The molecule has 0 aliphatic carbocycles. The molecule has 2 aromatic rings. The highest BCUT2D eigenvalue weighted by Crippen LogP contribution is 2.15. The van der Waals surface area contributed by atoms with Crippen LogP contribution < -0.4 is 10.6 Å². The Bertz CT molecular complexity index is 968. The van der Waals surface area contributed by atoms with Gasteiger partial charge < -0.3 is 15.4 Å². The molecule has 8 heteroatoms. The number of amides is 4. The molecule has 1 saturated heterocycles. The van der Waals surface area contributed by atoms with E-state index >= 15 is 0 Å². The average Bonchev–Trinajstić information content (AvgIpc) is 3.10. The van der Waals surface area contributed by atoms with Crippen LogP contribution in [-0.4, -0.2) is 48.4 Å². The Labute approximate surface area is 186 Å². The van der Waals surface area contributed by atoms with Crippen molar-refractivity contribution in [3.63, 3.8) is 0 Å². The SMILES string of the molecule is CC(C)c1ccc(CCNC(=O)COC(=O)c2ccc(CN3C(=O)CNC3=O)cc2)cc1. The van der Waals surface area contributed by atoms with Gasteiger partial charge in [0.25, 0.3) is 5.91 Å². The molecule has 1 aliphatic rings. The van der Waals surface area contributed by atoms with Gasteiger partial charge in [0.15, 0.2) is 6.61 Å². The smallest absolute Gasteiger partial charge is 0.338 e. The van der Waals surface area contributed by atoms with E-state index in [1.54, 1.807) is 12.1 Å². The van der Waals surface area contributed by atoms with E-state index in [1.807, 2.05) is 0 Å². The van der Waals surface area contributed by atoms with Crippen molar-refractivity contribution in [1.82, 2.24) is 15.5 Å². The number of carbonyl (C=O) groups excluding carboxylic acids is 4. The highest BCUT2D eigenvalue weighted by atomic mass is 16.5. The van der Waals surface area contributed by atoms with Gasteiger partial charge in [0, 0.05) is 6.54 Å². The number of hydrogen-bond acceptors (Lipinski definition) is 5. The lowest BCUT2D eigenvalue weighted by Crippen LogP contribution is -2.30. The number of imide groups is 1. The largest absolute Gasteiger partial charge is 0.452 e. The molecule has 0 unspecified atom stereocenters. The first-order valence-corrected chi connectivity index (χ1v) is 10.5. The van der Waals surface area contributed by atoms with E-state index in [0.29, 0.717) is 24.4 Å². The molecule has 32 heavy (non-hydrogen) atoms. The molecule has 168 valence electrons. The van der Waals surface area contributed by atoms with Gasteiger partial charge in [-0.1, -0.05) is 50.2 Å². The van der Waals surface area contributed by atoms with E-state index in [1.165, 1.54) is 17.7 Å². The van der Waals surface area contributed by atoms with Crippen molar-refractivity contribution in [2.24, 2.45) is 0 Å². The van der Waals surface area contributed by atoms with Crippen molar-refractivity contribution in [2.45, 2.75) is 32.7 Å². The molecule has 1 heterocycles. The van der Waals surface area contributed by atoms with Gasteiger partial charge in [-0.05, 0) is 41.2 Å². The number of nitrogens with one attached hydrogen (secondary N) is 2. The highest BCUT2D eigenvalue weighted by molar-refractivity contribution is 6.01. The van der Waals surface area contributed by atoms with Crippen LogP contribution in [0.2, 0.25) is 0 Å². The first-order valence-electron chi connectivity index (χ1n) is 10.5. The summed E-state index contributed by atoms with van der Waals surface area (Å²) < 4.78 is 5.06. The molecular weight excluding hydrogens is 410 g/mol. The first-order chi connectivity index (χ1) is 15.3. The van der Waals surface area contributed by atoms with Crippen molar-refractivity contribution in [1.29, 1.82) is 0 Å². The third-order valence-corrected chi connectivity index (χ3v) is 5.18. The molecule has 1 fully saturated rings. The standard InChI is InChI=1S/C24H27N3O5/c1-16(2)19-7-3-17(4-8-19)11-12-25-21(28)15-32-23(30)20-9-5-18(6-10-20)14-27-22(29)13-26-24(27)31/h3-10,16H,11-15H2,1-2H3,(H,25,28)(H,26,31). The van der Waals surface area contributed by atoms with Crippen molar-refractivity contribution in [3.8, 4) is 0 Å². The number of rotatable bonds is 9. The van der Waals surface area contributed by atoms with Crippen molar-refractivity contribution >= 4 is 23.8 Å². The zero-order valence-electron chi connectivity index (χ0n) is 18.2. The zero-order valence-corrected chi connectivity index (χ0v) is 18.2. The second kappa shape index (κ2) is 10.6. The maximum absolute atomic E-state index is 12.2. The number of urea groups is 1. The van der Waals surface area contributed by atoms with Crippen LogP contribution in [0.4, 0.5) is 4.79 Å². The Kier molecular flexibility index (Phi) is 7.59. The fourth-order valence-corrected chi connectivity index (χ4v) is 3.23. The van der Waals surface area contributed by atoms with Gasteiger partial charge in [-0.2, -0.15) is 0 Å². The third-order valence-electron chi connectivity index (χ3n) is 5.18. The summed E-state index contributed by atoms with van der Waals surface area (Å²) in [5.74, 6) is -0.805. The van der Waals surface area contributed by atoms with Crippen molar-refractivity contribution in [2.75, 3.05) is 19.7 Å². The summed E-state index contributed by atoms with van der Waals surface area (Å²) in [6.07, 6.45) is 0.692. The van der Waals surface area contributed by atoms with Gasteiger partial charge in [-0.3, -0.25) is 14.5 Å². The number of carbonyl (C=O) groups is 4. The normalized spacial score (nSPS) is 13.3. The number of esters is 1. The van der Waals surface area contributed by atoms with E-state index < -0.39 is 12.0 Å². The highest BCUT2D eigenvalue weighted by Gasteiger charge is 2.28. The third kappa shape index (κ3) is 6.16. The van der Waals surface area contributed by atoms with Crippen LogP contribution in [0, 0.1) is 0 Å². The minimum absolute atomic E-state index is 0.00425. The van der Waals surface area contributed by atoms with E-state index in [4.69, 9.17) is 4.74 Å². The Morgan fingerprint density at radius 1 is 1.03 bits per heavy atom. The van der Waals surface area contributed by atoms with Gasteiger partial charge in [0.2, 0.25) is 5.91 Å². The predicted molar refractivity (Wildman–Crippen MR) is 118 cm³/mol.